The number of nitro groups is 3. The van der Waals surface area contributed by atoms with Gasteiger partial charge in [0.2, 0.25) is 34.9 Å². The molecule has 0 bridgehead atoms. The van der Waals surface area contributed by atoms with E-state index in [1.165, 1.54) is 0 Å². The molecule has 0 saturated heterocycles. The summed E-state index contributed by atoms with van der Waals surface area (Å²) in [6.07, 6.45) is 0. The second-order valence-electron chi connectivity index (χ2n) is 7.26. The zero-order valence-electron chi connectivity index (χ0n) is 17.9. The number of nitrogens with zero attached hydrogens (tertiary/aromatic N) is 3. The van der Waals surface area contributed by atoms with Gasteiger partial charge in [-0.3, -0.25) is 30.3 Å². The quantitative estimate of drug-likeness (QED) is 0.109. The lowest BCUT2D eigenvalue weighted by atomic mass is 9.82. The number of hydrogen-bond donors (Lipinski definition) is 0. The molecule has 3 aromatic rings. The smallest absolute Gasteiger partial charge is 0.258 e. The largest absolute Gasteiger partial charge is 0.346 e. The van der Waals surface area contributed by atoms with Crippen molar-refractivity contribution in [3.8, 4) is 0 Å². The molecule has 40 heavy (non-hydrogen) atoms. The predicted octanol–water partition coefficient (Wildman–Crippen LogP) is 6.26. The van der Waals surface area contributed by atoms with Gasteiger partial charge in [0.15, 0.2) is 34.9 Å². The van der Waals surface area contributed by atoms with Crippen molar-refractivity contribution in [3.63, 3.8) is 0 Å². The van der Waals surface area contributed by atoms with Gasteiger partial charge in [-0.25, -0.2) is 26.3 Å². The predicted molar refractivity (Wildman–Crippen MR) is 99.7 cm³/mol. The third-order valence-corrected chi connectivity index (χ3v) is 5.24. The first-order chi connectivity index (χ1) is 18.4. The fourth-order valence-corrected chi connectivity index (χ4v) is 3.59. The Labute approximate surface area is 208 Å². The average molecular weight is 595 g/mol. The van der Waals surface area contributed by atoms with E-state index in [1.807, 2.05) is 0 Å². The molecule has 0 saturated carbocycles. The zero-order chi connectivity index (χ0) is 30.7. The molecule has 0 aliphatic carbocycles. The lowest BCUT2D eigenvalue weighted by Gasteiger charge is -2.23. The monoisotopic (exact) mass is 595 g/mol. The highest BCUT2D eigenvalue weighted by Crippen LogP contribution is 2.46. The summed E-state index contributed by atoms with van der Waals surface area (Å²) in [7, 11) is 0. The van der Waals surface area contributed by atoms with E-state index in [4.69, 9.17) is 0 Å². The van der Waals surface area contributed by atoms with Crippen molar-refractivity contribution in [1.29, 1.82) is 0 Å². The third kappa shape index (κ3) is 4.09. The van der Waals surface area contributed by atoms with Crippen molar-refractivity contribution in [2.75, 3.05) is 0 Å². The summed E-state index contributed by atoms with van der Waals surface area (Å²) in [5, 5.41) is 32.4. The second-order valence-corrected chi connectivity index (χ2v) is 7.26. The van der Waals surface area contributed by atoms with Crippen molar-refractivity contribution in [2.45, 2.75) is 5.92 Å². The minimum Gasteiger partial charge on any atom is -0.258 e. The molecular formula is C19HF12N3O6. The van der Waals surface area contributed by atoms with Crippen LogP contribution >= 0.6 is 0 Å². The Balaban J connectivity index is 2.73. The number of nitro benzene ring substituents is 3. The molecule has 212 valence electrons. The lowest BCUT2D eigenvalue weighted by molar-refractivity contribution is -0.390. The molecule has 0 N–H and O–H groups in total. The molecule has 0 amide bonds. The molecule has 3 aromatic carbocycles. The van der Waals surface area contributed by atoms with Crippen molar-refractivity contribution in [3.05, 3.63) is 117 Å². The molecule has 0 aliphatic heterocycles. The summed E-state index contributed by atoms with van der Waals surface area (Å²) in [6, 6.07) is 0. The highest BCUT2D eigenvalue weighted by atomic mass is 19.2. The second kappa shape index (κ2) is 9.96. The van der Waals surface area contributed by atoms with Crippen LogP contribution in [0, 0.1) is 100 Å². The van der Waals surface area contributed by atoms with Crippen LogP contribution in [0.2, 0.25) is 0 Å². The van der Waals surface area contributed by atoms with E-state index in [0.29, 0.717) is 0 Å². The molecule has 0 aromatic heterocycles. The lowest BCUT2D eigenvalue weighted by Crippen LogP contribution is -2.22. The van der Waals surface area contributed by atoms with Crippen LogP contribution < -0.4 is 0 Å². The Kier molecular flexibility index (Phi) is 7.37. The van der Waals surface area contributed by atoms with Gasteiger partial charge in [0.05, 0.1) is 20.7 Å². The maximum atomic E-state index is 14.9. The third-order valence-electron chi connectivity index (χ3n) is 5.24. The molecule has 0 heterocycles. The first-order valence-electron chi connectivity index (χ1n) is 9.40. The van der Waals surface area contributed by atoms with Crippen LogP contribution in [0.15, 0.2) is 0 Å². The van der Waals surface area contributed by atoms with Gasteiger partial charge in [-0.2, -0.15) is 26.3 Å². The molecule has 0 aliphatic rings. The van der Waals surface area contributed by atoms with E-state index in [-0.39, 0.29) is 0 Å². The van der Waals surface area contributed by atoms with Crippen LogP contribution in [0.3, 0.4) is 0 Å². The van der Waals surface area contributed by atoms with Crippen molar-refractivity contribution < 1.29 is 67.5 Å². The van der Waals surface area contributed by atoms with E-state index in [9.17, 15) is 83.0 Å². The van der Waals surface area contributed by atoms with Crippen molar-refractivity contribution in [2.24, 2.45) is 0 Å². The van der Waals surface area contributed by atoms with Crippen LogP contribution in [0.4, 0.5) is 69.7 Å². The van der Waals surface area contributed by atoms with Gasteiger partial charge in [-0.1, -0.05) is 0 Å². The SMILES string of the molecule is O=[N+]([O-])c1c(F)c(F)c(C(c2c(F)c(F)c([N+](=O)[O-])c(F)c2F)c2c(F)c(F)c([N+](=O)[O-])c(F)c2F)c(F)c1F. The van der Waals surface area contributed by atoms with Gasteiger partial charge in [0.25, 0.3) is 0 Å². The molecule has 0 fully saturated rings. The Hall–Kier alpha value is -4.98. The van der Waals surface area contributed by atoms with E-state index in [2.05, 4.69) is 0 Å². The Morgan fingerprint density at radius 3 is 0.625 bits per heavy atom. The molecular weight excluding hydrogens is 594 g/mol. The van der Waals surface area contributed by atoms with Gasteiger partial charge in [-0.15, -0.1) is 0 Å². The normalized spacial score (nSPS) is 11.3. The molecule has 3 rings (SSSR count). The van der Waals surface area contributed by atoms with E-state index < -0.39 is 124 Å². The van der Waals surface area contributed by atoms with Crippen molar-refractivity contribution >= 4 is 17.1 Å². The first kappa shape index (κ1) is 29.6. The van der Waals surface area contributed by atoms with E-state index >= 15 is 0 Å². The Morgan fingerprint density at radius 1 is 0.350 bits per heavy atom. The van der Waals surface area contributed by atoms with Gasteiger partial charge >= 0.3 is 17.1 Å². The van der Waals surface area contributed by atoms with Crippen LogP contribution in [-0.2, 0) is 0 Å². The summed E-state index contributed by atoms with van der Waals surface area (Å²) in [6.45, 7) is 0. The fourth-order valence-electron chi connectivity index (χ4n) is 3.59. The average Bonchev–Trinajstić information content (AvgIpc) is 2.85. The van der Waals surface area contributed by atoms with Crippen LogP contribution in [-0.4, -0.2) is 14.8 Å². The highest BCUT2D eigenvalue weighted by Gasteiger charge is 2.46. The standard InChI is InChI=1S/C19HF12N3O6/c20-5-2(6(21)12(27)17(11(5)26)32(35)36)1(3-7(22)13(28)18(33(37)38)14(29)8(3)23)4-9(24)15(30)19(34(39)40)16(31)10(4)25/h1H. The van der Waals surface area contributed by atoms with Crippen molar-refractivity contribution in [1.82, 2.24) is 0 Å². The Bertz CT molecular complexity index is 1400. The minimum atomic E-state index is -4.15. The summed E-state index contributed by atoms with van der Waals surface area (Å²) in [5.74, 6) is -41.7. The summed E-state index contributed by atoms with van der Waals surface area (Å²) in [4.78, 5) is 26.0. The maximum Gasteiger partial charge on any atom is 0.346 e. The van der Waals surface area contributed by atoms with Crippen LogP contribution in [0.5, 0.6) is 0 Å². The fraction of sp³-hybridized carbons (Fsp3) is 0.0526. The highest BCUT2D eigenvalue weighted by molar-refractivity contribution is 5.54. The number of benzene rings is 3. The van der Waals surface area contributed by atoms with E-state index in [0.717, 1.165) is 0 Å². The molecule has 21 heteroatoms. The summed E-state index contributed by atoms with van der Waals surface area (Å²) in [5.41, 5.74) is -16.5. The zero-order valence-corrected chi connectivity index (χ0v) is 17.9. The molecule has 0 spiro atoms. The number of rotatable bonds is 6. The van der Waals surface area contributed by atoms with Gasteiger partial charge in [-0.05, 0) is 0 Å². The molecule has 0 radical (unpaired) electrons. The van der Waals surface area contributed by atoms with Gasteiger partial charge in [0.1, 0.15) is 0 Å². The summed E-state index contributed by atoms with van der Waals surface area (Å²) >= 11 is 0. The maximum absolute atomic E-state index is 14.9. The topological polar surface area (TPSA) is 129 Å². The van der Waals surface area contributed by atoms with E-state index in [1.54, 1.807) is 0 Å². The Morgan fingerprint density at radius 2 is 0.500 bits per heavy atom. The number of hydrogen-bond acceptors (Lipinski definition) is 6. The van der Waals surface area contributed by atoms with Crippen LogP contribution in [0.1, 0.15) is 22.6 Å². The molecule has 9 nitrogen and oxygen atoms in total. The molecule has 0 atom stereocenters. The van der Waals surface area contributed by atoms with Gasteiger partial charge < -0.3 is 0 Å². The van der Waals surface area contributed by atoms with Gasteiger partial charge in [0, 0.05) is 16.7 Å². The summed E-state index contributed by atoms with van der Waals surface area (Å²) < 4.78 is 175. The first-order valence-corrected chi connectivity index (χ1v) is 9.40. The minimum absolute atomic E-state index is 2.12. The number of halogens is 12. The van der Waals surface area contributed by atoms with Crippen LogP contribution in [0.25, 0.3) is 0 Å². The molecule has 0 unspecified atom stereocenters.